The number of para-hydroxylation sites is 1. The van der Waals surface area contributed by atoms with Crippen molar-refractivity contribution in [3.05, 3.63) is 90.8 Å². The van der Waals surface area contributed by atoms with E-state index in [1.165, 1.54) is 0 Å². The minimum atomic E-state index is -0.189. The van der Waals surface area contributed by atoms with E-state index in [-0.39, 0.29) is 36.2 Å². The second kappa shape index (κ2) is 12.4. The molecule has 4 heterocycles. The zero-order valence-electron chi connectivity index (χ0n) is 24.6. The van der Waals surface area contributed by atoms with Crippen molar-refractivity contribution in [2.75, 3.05) is 23.7 Å². The Bertz CT molecular complexity index is 1800. The van der Waals surface area contributed by atoms with Gasteiger partial charge in [-0.05, 0) is 92.9 Å². The zero-order chi connectivity index (χ0) is 30.8. The van der Waals surface area contributed by atoms with Crippen molar-refractivity contribution < 1.29 is 23.2 Å². The third-order valence-electron chi connectivity index (χ3n) is 8.43. The Hall–Kier alpha value is -5.22. The highest BCUT2D eigenvalue weighted by molar-refractivity contribution is 5.97. The minimum absolute atomic E-state index is 0.0172. The Balaban J connectivity index is 0.941. The summed E-state index contributed by atoms with van der Waals surface area (Å²) in [6.07, 6.45) is 5.34. The molecule has 3 amide bonds. The van der Waals surface area contributed by atoms with Crippen LogP contribution in [0.5, 0.6) is 0 Å². The monoisotopic (exact) mass is 603 g/mol. The van der Waals surface area contributed by atoms with E-state index in [9.17, 15) is 14.4 Å². The number of aromatic nitrogens is 1. The number of hydrogen-bond acceptors (Lipinski definition) is 7. The fourth-order valence-corrected chi connectivity index (χ4v) is 6.06. The first-order chi connectivity index (χ1) is 22.0. The summed E-state index contributed by atoms with van der Waals surface area (Å²) in [7, 11) is 0. The van der Waals surface area contributed by atoms with Crippen LogP contribution in [0, 0.1) is 0 Å². The van der Waals surface area contributed by atoms with E-state index in [0.717, 1.165) is 54.4 Å². The standard InChI is InChI=1S/C35H33N5O5/c41-32(20-27-6-4-18-40(27)35(43)30-19-24-5-1-2-8-29(24)44-30)38-25-15-11-23(12-16-25)34-37-21-31(45-34)22-9-13-26(14-10-22)39-33(42)28-7-3-17-36-28/h1-2,5,8-16,19,21,27-28,36H,3-4,6-7,17-18,20H2,(H,38,41)(H,39,42). The van der Waals surface area contributed by atoms with Gasteiger partial charge < -0.3 is 29.7 Å². The third-order valence-corrected chi connectivity index (χ3v) is 8.43. The van der Waals surface area contributed by atoms with Crippen LogP contribution in [0.3, 0.4) is 0 Å². The fourth-order valence-electron chi connectivity index (χ4n) is 6.06. The van der Waals surface area contributed by atoms with Crippen LogP contribution in [0.25, 0.3) is 33.7 Å². The van der Waals surface area contributed by atoms with Crippen LogP contribution in [0.1, 0.15) is 42.7 Å². The molecule has 228 valence electrons. The lowest BCUT2D eigenvalue weighted by Gasteiger charge is -2.23. The summed E-state index contributed by atoms with van der Waals surface area (Å²) in [5.41, 5.74) is 3.66. The molecule has 0 bridgehead atoms. The molecule has 2 aliphatic heterocycles. The molecule has 10 heteroatoms. The maximum Gasteiger partial charge on any atom is 0.289 e. The molecule has 3 aromatic carbocycles. The Morgan fingerprint density at radius 2 is 1.62 bits per heavy atom. The molecular formula is C35H33N5O5. The summed E-state index contributed by atoms with van der Waals surface area (Å²) in [5, 5.41) is 9.98. The summed E-state index contributed by atoms with van der Waals surface area (Å²) in [4.78, 5) is 44.7. The van der Waals surface area contributed by atoms with Crippen molar-refractivity contribution in [1.82, 2.24) is 15.2 Å². The van der Waals surface area contributed by atoms with Crippen LogP contribution in [0.2, 0.25) is 0 Å². The average Bonchev–Trinajstić information content (AvgIpc) is 3.88. The van der Waals surface area contributed by atoms with Crippen molar-refractivity contribution in [3.8, 4) is 22.8 Å². The van der Waals surface area contributed by atoms with E-state index in [1.807, 2.05) is 60.7 Å². The molecule has 45 heavy (non-hydrogen) atoms. The molecule has 10 nitrogen and oxygen atoms in total. The summed E-state index contributed by atoms with van der Waals surface area (Å²) in [5.74, 6) is 1.00. The third kappa shape index (κ3) is 6.23. The van der Waals surface area contributed by atoms with E-state index in [0.29, 0.717) is 35.2 Å². The summed E-state index contributed by atoms with van der Waals surface area (Å²) < 4.78 is 11.8. The quantitative estimate of drug-likeness (QED) is 0.196. The highest BCUT2D eigenvalue weighted by Gasteiger charge is 2.32. The van der Waals surface area contributed by atoms with Crippen LogP contribution in [-0.4, -0.2) is 52.8 Å². The summed E-state index contributed by atoms with van der Waals surface area (Å²) in [6, 6.07) is 23.7. The highest BCUT2D eigenvalue weighted by atomic mass is 16.4. The van der Waals surface area contributed by atoms with Gasteiger partial charge in [-0.15, -0.1) is 0 Å². The van der Waals surface area contributed by atoms with Gasteiger partial charge >= 0.3 is 0 Å². The molecule has 0 saturated carbocycles. The van der Waals surface area contributed by atoms with Crippen LogP contribution in [-0.2, 0) is 9.59 Å². The molecule has 5 aromatic rings. The number of oxazole rings is 1. The van der Waals surface area contributed by atoms with Gasteiger partial charge in [-0.1, -0.05) is 18.2 Å². The van der Waals surface area contributed by atoms with Crippen molar-refractivity contribution in [2.24, 2.45) is 0 Å². The normalized spacial score (nSPS) is 17.9. The number of benzene rings is 3. The fraction of sp³-hybridized carbons (Fsp3) is 0.257. The van der Waals surface area contributed by atoms with Crippen molar-refractivity contribution >= 4 is 40.1 Å². The number of nitrogens with zero attached hydrogens (tertiary/aromatic N) is 2. The van der Waals surface area contributed by atoms with Gasteiger partial charge in [-0.2, -0.15) is 0 Å². The van der Waals surface area contributed by atoms with Gasteiger partial charge in [0.05, 0.1) is 12.2 Å². The number of carbonyl (C=O) groups excluding carboxylic acids is 3. The smallest absolute Gasteiger partial charge is 0.289 e. The predicted molar refractivity (Wildman–Crippen MR) is 171 cm³/mol. The van der Waals surface area contributed by atoms with Gasteiger partial charge in [0.2, 0.25) is 17.7 Å². The predicted octanol–water partition coefficient (Wildman–Crippen LogP) is 6.08. The molecule has 2 aliphatic rings. The number of carbonyl (C=O) groups is 3. The Morgan fingerprint density at radius 3 is 2.38 bits per heavy atom. The number of likely N-dealkylation sites (tertiary alicyclic amines) is 1. The van der Waals surface area contributed by atoms with Gasteiger partial charge in [0.25, 0.3) is 5.91 Å². The van der Waals surface area contributed by atoms with Crippen molar-refractivity contribution in [2.45, 2.75) is 44.2 Å². The lowest BCUT2D eigenvalue weighted by atomic mass is 10.1. The minimum Gasteiger partial charge on any atom is -0.451 e. The Morgan fingerprint density at radius 1 is 0.867 bits per heavy atom. The maximum atomic E-state index is 13.2. The SMILES string of the molecule is O=C(CC1CCCN1C(=O)c1cc2ccccc2o1)Nc1ccc(-c2ncc(-c3ccc(NC(=O)C4CCCN4)cc3)o2)cc1. The molecule has 2 saturated heterocycles. The largest absolute Gasteiger partial charge is 0.451 e. The lowest BCUT2D eigenvalue weighted by molar-refractivity contribution is -0.118. The van der Waals surface area contributed by atoms with Gasteiger partial charge in [0.1, 0.15) is 5.58 Å². The van der Waals surface area contributed by atoms with Gasteiger partial charge in [-0.3, -0.25) is 14.4 Å². The summed E-state index contributed by atoms with van der Waals surface area (Å²) in [6.45, 7) is 1.47. The first kappa shape index (κ1) is 28.5. The van der Waals surface area contributed by atoms with Crippen LogP contribution < -0.4 is 16.0 Å². The van der Waals surface area contributed by atoms with Crippen LogP contribution >= 0.6 is 0 Å². The van der Waals surface area contributed by atoms with E-state index < -0.39 is 0 Å². The number of amides is 3. The average molecular weight is 604 g/mol. The number of nitrogens with one attached hydrogen (secondary N) is 3. The van der Waals surface area contributed by atoms with Gasteiger partial charge in [0, 0.05) is 46.9 Å². The molecule has 0 spiro atoms. The van der Waals surface area contributed by atoms with Crippen LogP contribution in [0.15, 0.2) is 93.9 Å². The first-order valence-corrected chi connectivity index (χ1v) is 15.3. The molecule has 2 atom stereocenters. The number of fused-ring (bicyclic) bond motifs is 1. The van der Waals surface area contributed by atoms with E-state index in [4.69, 9.17) is 8.83 Å². The van der Waals surface area contributed by atoms with E-state index in [2.05, 4.69) is 20.9 Å². The van der Waals surface area contributed by atoms with E-state index >= 15 is 0 Å². The first-order valence-electron chi connectivity index (χ1n) is 15.3. The second-order valence-corrected chi connectivity index (χ2v) is 11.5. The van der Waals surface area contributed by atoms with Crippen LogP contribution in [0.4, 0.5) is 11.4 Å². The maximum absolute atomic E-state index is 13.2. The van der Waals surface area contributed by atoms with Gasteiger partial charge in [0.15, 0.2) is 11.5 Å². The highest BCUT2D eigenvalue weighted by Crippen LogP contribution is 2.29. The molecule has 7 rings (SSSR count). The molecule has 2 aromatic heterocycles. The van der Waals surface area contributed by atoms with Gasteiger partial charge in [-0.25, -0.2) is 4.98 Å². The lowest BCUT2D eigenvalue weighted by Crippen LogP contribution is -2.37. The van der Waals surface area contributed by atoms with E-state index in [1.54, 1.807) is 29.3 Å². The number of anilines is 2. The molecule has 3 N–H and O–H groups in total. The number of rotatable bonds is 8. The zero-order valence-corrected chi connectivity index (χ0v) is 24.6. The van der Waals surface area contributed by atoms with Crippen molar-refractivity contribution in [3.63, 3.8) is 0 Å². The second-order valence-electron chi connectivity index (χ2n) is 11.5. The molecule has 2 fully saturated rings. The molecule has 2 unspecified atom stereocenters. The Kier molecular flexibility index (Phi) is 7.87. The molecular weight excluding hydrogens is 570 g/mol. The Labute approximate surface area is 259 Å². The summed E-state index contributed by atoms with van der Waals surface area (Å²) >= 11 is 0. The van der Waals surface area contributed by atoms with Crippen molar-refractivity contribution in [1.29, 1.82) is 0 Å². The topological polar surface area (TPSA) is 130 Å². The molecule has 0 radical (unpaired) electrons. The molecule has 0 aliphatic carbocycles. The number of hydrogen-bond donors (Lipinski definition) is 3. The number of furan rings is 1.